The first-order valence-corrected chi connectivity index (χ1v) is 6.62. The predicted octanol–water partition coefficient (Wildman–Crippen LogP) is 0.263. The van der Waals surface area contributed by atoms with Crippen molar-refractivity contribution >= 4 is 11.8 Å². The number of nitrogens with one attached hydrogen (secondary N) is 3. The summed E-state index contributed by atoms with van der Waals surface area (Å²) in [6, 6.07) is -0.431. The lowest BCUT2D eigenvalue weighted by atomic mass is 9.88. The second kappa shape index (κ2) is 6.18. The Labute approximate surface area is 109 Å². The molecule has 0 aromatic rings. The van der Waals surface area contributed by atoms with E-state index in [9.17, 15) is 9.59 Å². The van der Waals surface area contributed by atoms with E-state index in [-0.39, 0.29) is 17.2 Å². The molecule has 0 saturated carbocycles. The highest BCUT2D eigenvalue weighted by atomic mass is 16.2. The first-order valence-electron chi connectivity index (χ1n) is 6.62. The topological polar surface area (TPSA) is 70.2 Å². The molecule has 0 aromatic carbocycles. The van der Waals surface area contributed by atoms with Gasteiger partial charge in [-0.2, -0.15) is 0 Å². The van der Waals surface area contributed by atoms with Crippen LogP contribution in [0.5, 0.6) is 0 Å². The van der Waals surface area contributed by atoms with Crippen molar-refractivity contribution in [2.75, 3.05) is 20.1 Å². The van der Waals surface area contributed by atoms with Crippen LogP contribution in [0.25, 0.3) is 0 Å². The van der Waals surface area contributed by atoms with Crippen LogP contribution in [0.3, 0.4) is 0 Å². The van der Waals surface area contributed by atoms with Gasteiger partial charge in [0.1, 0.15) is 6.04 Å². The van der Waals surface area contributed by atoms with Crippen LogP contribution in [0.2, 0.25) is 0 Å². The van der Waals surface area contributed by atoms with E-state index in [0.717, 1.165) is 13.0 Å². The molecule has 0 aromatic heterocycles. The van der Waals surface area contributed by atoms with Gasteiger partial charge in [0.25, 0.3) is 0 Å². The number of carbonyl (C=O) groups excluding carboxylic acids is 2. The zero-order valence-electron chi connectivity index (χ0n) is 11.8. The molecule has 1 saturated heterocycles. The number of carbonyl (C=O) groups is 2. The molecular formula is C13H25N3O2. The molecule has 1 heterocycles. The number of hydrogen-bond donors (Lipinski definition) is 3. The summed E-state index contributed by atoms with van der Waals surface area (Å²) in [4.78, 5) is 24.0. The number of hydrogen-bond acceptors (Lipinski definition) is 3. The fourth-order valence-electron chi connectivity index (χ4n) is 2.22. The first kappa shape index (κ1) is 15.0. The normalized spacial score (nSPS) is 24.9. The highest BCUT2D eigenvalue weighted by Gasteiger charge is 2.38. The molecule has 0 radical (unpaired) electrons. The van der Waals surface area contributed by atoms with Crippen LogP contribution in [0, 0.1) is 11.3 Å². The van der Waals surface area contributed by atoms with Crippen molar-refractivity contribution in [3.8, 4) is 0 Å². The van der Waals surface area contributed by atoms with Crippen molar-refractivity contribution in [3.63, 3.8) is 0 Å². The molecule has 2 amide bonds. The van der Waals surface area contributed by atoms with E-state index in [1.165, 1.54) is 0 Å². The molecule has 104 valence electrons. The van der Waals surface area contributed by atoms with E-state index < -0.39 is 6.04 Å². The molecule has 0 spiro atoms. The minimum Gasteiger partial charge on any atom is -0.357 e. The van der Waals surface area contributed by atoms with Crippen molar-refractivity contribution in [2.24, 2.45) is 11.3 Å². The Morgan fingerprint density at radius 3 is 2.50 bits per heavy atom. The summed E-state index contributed by atoms with van der Waals surface area (Å²) < 4.78 is 0. The highest BCUT2D eigenvalue weighted by Crippen LogP contribution is 2.24. The van der Waals surface area contributed by atoms with Crippen molar-refractivity contribution < 1.29 is 9.59 Å². The summed E-state index contributed by atoms with van der Waals surface area (Å²) in [6.45, 7) is 7.57. The molecule has 1 aliphatic rings. The smallest absolute Gasteiger partial charge is 0.242 e. The fourth-order valence-corrected chi connectivity index (χ4v) is 2.22. The van der Waals surface area contributed by atoms with Gasteiger partial charge in [0, 0.05) is 13.6 Å². The summed E-state index contributed by atoms with van der Waals surface area (Å²) in [5.41, 5.74) is -0.386. The maximum atomic E-state index is 12.2. The molecule has 1 aliphatic heterocycles. The van der Waals surface area contributed by atoms with Crippen molar-refractivity contribution in [3.05, 3.63) is 0 Å². The zero-order chi connectivity index (χ0) is 13.8. The Bertz CT molecular complexity index is 309. The number of likely N-dealkylation sites (N-methyl/N-ethyl adjacent to an activating group) is 1. The number of rotatable bonds is 5. The van der Waals surface area contributed by atoms with E-state index in [1.807, 2.05) is 20.8 Å². The molecule has 0 bridgehead atoms. The summed E-state index contributed by atoms with van der Waals surface area (Å²) in [6.07, 6.45) is 1.48. The Hall–Kier alpha value is -1.10. The van der Waals surface area contributed by atoms with Gasteiger partial charge in [-0.3, -0.25) is 9.59 Å². The van der Waals surface area contributed by atoms with Gasteiger partial charge < -0.3 is 16.0 Å². The summed E-state index contributed by atoms with van der Waals surface area (Å²) in [5.74, 6) is 0.218. The van der Waals surface area contributed by atoms with Gasteiger partial charge in [-0.15, -0.1) is 0 Å². The van der Waals surface area contributed by atoms with Crippen LogP contribution in [0.15, 0.2) is 0 Å². The summed E-state index contributed by atoms with van der Waals surface area (Å²) in [7, 11) is 1.60. The second-order valence-corrected chi connectivity index (χ2v) is 5.76. The van der Waals surface area contributed by atoms with Crippen molar-refractivity contribution in [1.82, 2.24) is 16.0 Å². The van der Waals surface area contributed by atoms with Gasteiger partial charge in [-0.25, -0.2) is 0 Å². The minimum absolute atomic E-state index is 0.0262. The fraction of sp³-hybridized carbons (Fsp3) is 0.846. The summed E-state index contributed by atoms with van der Waals surface area (Å²) >= 11 is 0. The SMILES string of the molecule is CNC(=O)C(CC(C)C)NC(=O)C1(C)CCNC1. The lowest BCUT2D eigenvalue weighted by Crippen LogP contribution is -2.51. The van der Waals surface area contributed by atoms with E-state index in [0.29, 0.717) is 18.9 Å². The van der Waals surface area contributed by atoms with Crippen LogP contribution < -0.4 is 16.0 Å². The van der Waals surface area contributed by atoms with E-state index in [2.05, 4.69) is 16.0 Å². The number of amides is 2. The molecule has 5 nitrogen and oxygen atoms in total. The maximum Gasteiger partial charge on any atom is 0.242 e. The lowest BCUT2D eigenvalue weighted by Gasteiger charge is -2.26. The zero-order valence-corrected chi connectivity index (χ0v) is 11.8. The molecule has 0 aliphatic carbocycles. The maximum absolute atomic E-state index is 12.2. The van der Waals surface area contributed by atoms with Crippen LogP contribution in [0.4, 0.5) is 0 Å². The Balaban J connectivity index is 2.64. The molecule has 18 heavy (non-hydrogen) atoms. The van der Waals surface area contributed by atoms with Gasteiger partial charge >= 0.3 is 0 Å². The third-order valence-corrected chi connectivity index (χ3v) is 3.49. The minimum atomic E-state index is -0.431. The molecule has 1 fully saturated rings. The van der Waals surface area contributed by atoms with Gasteiger partial charge in [-0.1, -0.05) is 13.8 Å². The molecule has 1 rings (SSSR count). The largest absolute Gasteiger partial charge is 0.357 e. The summed E-state index contributed by atoms with van der Waals surface area (Å²) in [5, 5.41) is 8.69. The van der Waals surface area contributed by atoms with E-state index in [1.54, 1.807) is 7.05 Å². The Kier molecular flexibility index (Phi) is 5.14. The standard InChI is InChI=1S/C13H25N3O2/c1-9(2)7-10(11(17)14-4)16-12(18)13(3)5-6-15-8-13/h9-10,15H,5-8H2,1-4H3,(H,14,17)(H,16,18). The van der Waals surface area contributed by atoms with E-state index in [4.69, 9.17) is 0 Å². The lowest BCUT2D eigenvalue weighted by molar-refractivity contribution is -0.134. The van der Waals surface area contributed by atoms with Gasteiger partial charge in [0.15, 0.2) is 0 Å². The monoisotopic (exact) mass is 255 g/mol. The second-order valence-electron chi connectivity index (χ2n) is 5.76. The van der Waals surface area contributed by atoms with Crippen LogP contribution in [0.1, 0.15) is 33.6 Å². The molecule has 3 N–H and O–H groups in total. The first-order chi connectivity index (χ1) is 8.39. The molecule has 2 atom stereocenters. The van der Waals surface area contributed by atoms with Gasteiger partial charge in [-0.05, 0) is 32.2 Å². The quantitative estimate of drug-likeness (QED) is 0.660. The third kappa shape index (κ3) is 3.70. The molecule has 2 unspecified atom stereocenters. The van der Waals surface area contributed by atoms with Gasteiger partial charge in [0.05, 0.1) is 5.41 Å². The average molecular weight is 255 g/mol. The predicted molar refractivity (Wildman–Crippen MR) is 71.0 cm³/mol. The van der Waals surface area contributed by atoms with Crippen molar-refractivity contribution in [2.45, 2.75) is 39.7 Å². The third-order valence-electron chi connectivity index (χ3n) is 3.49. The Morgan fingerprint density at radius 2 is 2.06 bits per heavy atom. The average Bonchev–Trinajstić information content (AvgIpc) is 2.75. The van der Waals surface area contributed by atoms with E-state index >= 15 is 0 Å². The van der Waals surface area contributed by atoms with Crippen LogP contribution in [-0.2, 0) is 9.59 Å². The molecular weight excluding hydrogens is 230 g/mol. The van der Waals surface area contributed by atoms with Crippen molar-refractivity contribution in [1.29, 1.82) is 0 Å². The van der Waals surface area contributed by atoms with Gasteiger partial charge in [0.2, 0.25) is 11.8 Å². The molecule has 5 heteroatoms. The highest BCUT2D eigenvalue weighted by molar-refractivity contribution is 5.90. The Morgan fingerprint density at radius 1 is 1.39 bits per heavy atom. The van der Waals surface area contributed by atoms with Crippen LogP contribution in [-0.4, -0.2) is 38.0 Å². The van der Waals surface area contributed by atoms with Crippen LogP contribution >= 0.6 is 0 Å².